The van der Waals surface area contributed by atoms with Gasteiger partial charge in [0.1, 0.15) is 5.75 Å². The lowest BCUT2D eigenvalue weighted by molar-refractivity contribution is -0.122. The summed E-state index contributed by atoms with van der Waals surface area (Å²) in [6.45, 7) is 9.74. The summed E-state index contributed by atoms with van der Waals surface area (Å²) in [5, 5.41) is 3.18. The number of aryl methyl sites for hydroxylation is 3. The largest absolute Gasteiger partial charge is 0.493 e. The Balaban J connectivity index is 1.36. The summed E-state index contributed by atoms with van der Waals surface area (Å²) in [6, 6.07) is 15.0. The van der Waals surface area contributed by atoms with Crippen molar-refractivity contribution in [2.45, 2.75) is 52.6 Å². The van der Waals surface area contributed by atoms with Gasteiger partial charge in [-0.1, -0.05) is 42.0 Å². The van der Waals surface area contributed by atoms with Crippen molar-refractivity contribution in [2.75, 3.05) is 19.7 Å². The molecule has 2 aromatic rings. The van der Waals surface area contributed by atoms with Crippen LogP contribution in [-0.2, 0) is 11.3 Å². The van der Waals surface area contributed by atoms with Crippen LogP contribution in [0.3, 0.4) is 0 Å². The van der Waals surface area contributed by atoms with Crippen molar-refractivity contribution < 1.29 is 9.53 Å². The molecule has 4 nitrogen and oxygen atoms in total. The van der Waals surface area contributed by atoms with E-state index in [1.165, 1.54) is 16.7 Å². The van der Waals surface area contributed by atoms with E-state index in [1.807, 2.05) is 19.1 Å². The molecule has 4 heteroatoms. The highest BCUT2D eigenvalue weighted by atomic mass is 16.5. The van der Waals surface area contributed by atoms with Crippen LogP contribution in [-0.4, -0.2) is 36.5 Å². The summed E-state index contributed by atoms with van der Waals surface area (Å²) in [6.07, 6.45) is 2.42. The van der Waals surface area contributed by atoms with Gasteiger partial charge in [-0.3, -0.25) is 9.69 Å². The molecule has 0 aliphatic carbocycles. The van der Waals surface area contributed by atoms with Crippen LogP contribution in [0.15, 0.2) is 42.5 Å². The van der Waals surface area contributed by atoms with Gasteiger partial charge in [0.05, 0.1) is 13.0 Å². The first-order valence-electron chi connectivity index (χ1n) is 10.3. The average Bonchev–Trinajstić information content (AvgIpc) is 2.67. The van der Waals surface area contributed by atoms with Crippen molar-refractivity contribution in [1.82, 2.24) is 10.2 Å². The predicted octanol–water partition coefficient (Wildman–Crippen LogP) is 4.16. The maximum Gasteiger partial charge on any atom is 0.223 e. The Kier molecular flexibility index (Phi) is 7.10. The van der Waals surface area contributed by atoms with Gasteiger partial charge in [0, 0.05) is 25.7 Å². The second-order valence-corrected chi connectivity index (χ2v) is 7.91. The van der Waals surface area contributed by atoms with E-state index in [1.54, 1.807) is 0 Å². The molecule has 1 aliphatic heterocycles. The Morgan fingerprint density at radius 2 is 1.82 bits per heavy atom. The number of piperidine rings is 1. The van der Waals surface area contributed by atoms with Crippen LogP contribution < -0.4 is 10.1 Å². The van der Waals surface area contributed by atoms with Gasteiger partial charge in [-0.2, -0.15) is 0 Å². The number of carbonyl (C=O) groups is 1. The van der Waals surface area contributed by atoms with E-state index in [0.717, 1.165) is 43.8 Å². The molecule has 3 rings (SSSR count). The number of nitrogens with one attached hydrogen (secondary N) is 1. The van der Waals surface area contributed by atoms with Gasteiger partial charge in [0.15, 0.2) is 0 Å². The zero-order valence-corrected chi connectivity index (χ0v) is 17.3. The molecular formula is C24H32N2O2. The SMILES string of the molecule is Cc1ccc(OCCC(=O)NC2CCN(Cc3ccccc3C)CC2)c(C)c1. The number of hydrogen-bond acceptors (Lipinski definition) is 3. The molecule has 2 aromatic carbocycles. The van der Waals surface area contributed by atoms with E-state index in [-0.39, 0.29) is 11.9 Å². The van der Waals surface area contributed by atoms with Gasteiger partial charge < -0.3 is 10.1 Å². The third kappa shape index (κ3) is 5.83. The predicted molar refractivity (Wildman–Crippen MR) is 114 cm³/mol. The highest BCUT2D eigenvalue weighted by Crippen LogP contribution is 2.19. The molecule has 0 radical (unpaired) electrons. The van der Waals surface area contributed by atoms with Crippen molar-refractivity contribution in [2.24, 2.45) is 0 Å². The monoisotopic (exact) mass is 380 g/mol. The molecule has 0 spiro atoms. The number of rotatable bonds is 7. The second-order valence-electron chi connectivity index (χ2n) is 7.91. The van der Waals surface area contributed by atoms with Crippen molar-refractivity contribution in [3.05, 3.63) is 64.7 Å². The summed E-state index contributed by atoms with van der Waals surface area (Å²) < 4.78 is 5.78. The van der Waals surface area contributed by atoms with E-state index >= 15 is 0 Å². The minimum atomic E-state index is 0.0853. The fourth-order valence-corrected chi connectivity index (χ4v) is 3.78. The van der Waals surface area contributed by atoms with E-state index in [4.69, 9.17) is 4.74 Å². The molecule has 1 saturated heterocycles. The molecule has 28 heavy (non-hydrogen) atoms. The first-order valence-corrected chi connectivity index (χ1v) is 10.3. The molecule has 1 fully saturated rings. The smallest absolute Gasteiger partial charge is 0.223 e. The number of amides is 1. The molecule has 0 atom stereocenters. The minimum Gasteiger partial charge on any atom is -0.493 e. The van der Waals surface area contributed by atoms with Crippen LogP contribution in [0.25, 0.3) is 0 Å². The zero-order valence-electron chi connectivity index (χ0n) is 17.3. The normalized spacial score (nSPS) is 15.4. The first kappa shape index (κ1) is 20.4. The topological polar surface area (TPSA) is 41.6 Å². The number of benzene rings is 2. The van der Waals surface area contributed by atoms with Gasteiger partial charge in [-0.15, -0.1) is 0 Å². The van der Waals surface area contributed by atoms with E-state index in [0.29, 0.717) is 13.0 Å². The maximum absolute atomic E-state index is 12.3. The second kappa shape index (κ2) is 9.74. The van der Waals surface area contributed by atoms with E-state index in [2.05, 4.69) is 54.4 Å². The van der Waals surface area contributed by atoms with Crippen LogP contribution in [0.5, 0.6) is 5.75 Å². The quantitative estimate of drug-likeness (QED) is 0.784. The highest BCUT2D eigenvalue weighted by Gasteiger charge is 2.21. The number of likely N-dealkylation sites (tertiary alicyclic amines) is 1. The fourth-order valence-electron chi connectivity index (χ4n) is 3.78. The number of hydrogen-bond donors (Lipinski definition) is 1. The van der Waals surface area contributed by atoms with E-state index < -0.39 is 0 Å². The average molecular weight is 381 g/mol. The lowest BCUT2D eigenvalue weighted by Gasteiger charge is -2.32. The summed E-state index contributed by atoms with van der Waals surface area (Å²) in [5.74, 6) is 0.949. The number of carbonyl (C=O) groups excluding carboxylic acids is 1. The lowest BCUT2D eigenvalue weighted by atomic mass is 10.0. The summed E-state index contributed by atoms with van der Waals surface area (Å²) in [7, 11) is 0. The van der Waals surface area contributed by atoms with Gasteiger partial charge in [-0.05, 0) is 56.4 Å². The Bertz CT molecular complexity index is 795. The molecule has 1 heterocycles. The third-order valence-corrected chi connectivity index (χ3v) is 5.53. The van der Waals surface area contributed by atoms with Crippen molar-refractivity contribution in [3.8, 4) is 5.75 Å². The van der Waals surface area contributed by atoms with Gasteiger partial charge in [0.25, 0.3) is 0 Å². The van der Waals surface area contributed by atoms with Crippen LogP contribution in [0, 0.1) is 20.8 Å². The number of ether oxygens (including phenoxy) is 1. The Morgan fingerprint density at radius 1 is 1.07 bits per heavy atom. The zero-order chi connectivity index (χ0) is 19.9. The standard InChI is InChI=1S/C24H32N2O2/c1-18-8-9-23(20(3)16-18)28-15-12-24(27)25-22-10-13-26(14-11-22)17-21-7-5-4-6-19(21)2/h4-9,16,22H,10-15,17H2,1-3H3,(H,25,27). The lowest BCUT2D eigenvalue weighted by Crippen LogP contribution is -2.44. The van der Waals surface area contributed by atoms with Crippen molar-refractivity contribution >= 4 is 5.91 Å². The van der Waals surface area contributed by atoms with Crippen LogP contribution in [0.1, 0.15) is 41.5 Å². The highest BCUT2D eigenvalue weighted by molar-refractivity contribution is 5.76. The molecule has 0 saturated carbocycles. The third-order valence-electron chi connectivity index (χ3n) is 5.53. The minimum absolute atomic E-state index is 0.0853. The van der Waals surface area contributed by atoms with Gasteiger partial charge in [0.2, 0.25) is 5.91 Å². The molecule has 1 aliphatic rings. The van der Waals surface area contributed by atoms with Crippen LogP contribution in [0.2, 0.25) is 0 Å². The molecule has 150 valence electrons. The van der Waals surface area contributed by atoms with Crippen LogP contribution >= 0.6 is 0 Å². The van der Waals surface area contributed by atoms with Crippen LogP contribution in [0.4, 0.5) is 0 Å². The Morgan fingerprint density at radius 3 is 2.54 bits per heavy atom. The Labute approximate surface area is 168 Å². The van der Waals surface area contributed by atoms with Crippen molar-refractivity contribution in [1.29, 1.82) is 0 Å². The van der Waals surface area contributed by atoms with Gasteiger partial charge in [-0.25, -0.2) is 0 Å². The van der Waals surface area contributed by atoms with Crippen molar-refractivity contribution in [3.63, 3.8) is 0 Å². The summed E-state index contributed by atoms with van der Waals surface area (Å²) in [4.78, 5) is 14.7. The molecule has 0 bridgehead atoms. The van der Waals surface area contributed by atoms with Gasteiger partial charge >= 0.3 is 0 Å². The summed E-state index contributed by atoms with van der Waals surface area (Å²) >= 11 is 0. The maximum atomic E-state index is 12.3. The molecular weight excluding hydrogens is 348 g/mol. The molecule has 1 N–H and O–H groups in total. The Hall–Kier alpha value is -2.33. The first-order chi connectivity index (χ1) is 13.5. The van der Waals surface area contributed by atoms with E-state index in [9.17, 15) is 4.79 Å². The fraction of sp³-hybridized carbons (Fsp3) is 0.458. The summed E-state index contributed by atoms with van der Waals surface area (Å²) in [5.41, 5.74) is 5.08. The molecule has 0 aromatic heterocycles. The number of nitrogens with zero attached hydrogens (tertiary/aromatic N) is 1. The molecule has 1 amide bonds. The molecule has 0 unspecified atom stereocenters.